The summed E-state index contributed by atoms with van der Waals surface area (Å²) in [6.07, 6.45) is 0. The number of nitrogens with one attached hydrogen (secondary N) is 1. The van der Waals surface area contributed by atoms with Gasteiger partial charge in [-0.1, -0.05) is 34.7 Å². The van der Waals surface area contributed by atoms with Crippen LogP contribution in [0.1, 0.15) is 11.5 Å². The standard InChI is InChI=1S/C11H12INO4/c12-5-10(15)13-6-9(11(16)17)7-1-3-8(14)4-2-7/h1-4,9,14H,5-6H2,(H,13,15)(H,16,17). The molecule has 0 bridgehead atoms. The quantitative estimate of drug-likeness (QED) is 0.549. The van der Waals surface area contributed by atoms with Gasteiger partial charge in [-0.05, 0) is 17.7 Å². The molecule has 0 spiro atoms. The number of carbonyl (C=O) groups excluding carboxylic acids is 1. The maximum atomic E-state index is 11.1. The van der Waals surface area contributed by atoms with Crippen molar-refractivity contribution in [1.29, 1.82) is 0 Å². The molecule has 0 fully saturated rings. The third-order valence-corrected chi connectivity index (χ3v) is 2.91. The first kappa shape index (κ1) is 13.8. The molecule has 0 aliphatic rings. The number of halogens is 1. The first-order chi connectivity index (χ1) is 8.04. The van der Waals surface area contributed by atoms with Crippen LogP contribution < -0.4 is 5.32 Å². The number of carbonyl (C=O) groups is 2. The fourth-order valence-corrected chi connectivity index (χ4v) is 1.59. The van der Waals surface area contributed by atoms with Crippen molar-refractivity contribution in [3.63, 3.8) is 0 Å². The highest BCUT2D eigenvalue weighted by atomic mass is 127. The summed E-state index contributed by atoms with van der Waals surface area (Å²) < 4.78 is 0.291. The molecule has 0 saturated carbocycles. The summed E-state index contributed by atoms with van der Waals surface area (Å²) in [4.78, 5) is 22.1. The average molecular weight is 349 g/mol. The van der Waals surface area contributed by atoms with Gasteiger partial charge in [-0.3, -0.25) is 9.59 Å². The molecule has 0 aliphatic carbocycles. The second kappa shape index (κ2) is 6.43. The zero-order valence-corrected chi connectivity index (χ0v) is 11.0. The van der Waals surface area contributed by atoms with E-state index in [2.05, 4.69) is 5.32 Å². The molecule has 5 nitrogen and oxygen atoms in total. The smallest absolute Gasteiger partial charge is 0.312 e. The van der Waals surface area contributed by atoms with Crippen LogP contribution in [-0.4, -0.2) is 33.1 Å². The maximum absolute atomic E-state index is 11.1. The number of phenols is 1. The topological polar surface area (TPSA) is 86.6 Å². The molecule has 17 heavy (non-hydrogen) atoms. The number of carboxylic acid groups (broad SMARTS) is 1. The minimum absolute atomic E-state index is 0.0436. The van der Waals surface area contributed by atoms with Crippen molar-refractivity contribution in [2.24, 2.45) is 0 Å². The molecule has 6 heteroatoms. The summed E-state index contributed by atoms with van der Waals surface area (Å²) in [5.74, 6) is -1.93. The van der Waals surface area contributed by atoms with E-state index in [1.807, 2.05) is 22.6 Å². The van der Waals surface area contributed by atoms with E-state index < -0.39 is 11.9 Å². The summed E-state index contributed by atoms with van der Waals surface area (Å²) in [6.45, 7) is 0.0436. The number of alkyl halides is 1. The van der Waals surface area contributed by atoms with Gasteiger partial charge in [0.2, 0.25) is 5.91 Å². The van der Waals surface area contributed by atoms with E-state index in [-0.39, 0.29) is 18.2 Å². The maximum Gasteiger partial charge on any atom is 0.312 e. The van der Waals surface area contributed by atoms with Crippen molar-refractivity contribution in [3.05, 3.63) is 29.8 Å². The van der Waals surface area contributed by atoms with Crippen LogP contribution in [0.5, 0.6) is 5.75 Å². The van der Waals surface area contributed by atoms with E-state index in [0.717, 1.165) is 0 Å². The largest absolute Gasteiger partial charge is 0.508 e. The Kier molecular flexibility index (Phi) is 5.20. The molecule has 92 valence electrons. The van der Waals surface area contributed by atoms with Crippen LogP contribution in [0.4, 0.5) is 0 Å². The van der Waals surface area contributed by atoms with Crippen LogP contribution in [0.25, 0.3) is 0 Å². The Morgan fingerprint density at radius 2 is 1.88 bits per heavy atom. The normalized spacial score (nSPS) is 11.8. The molecule has 0 aromatic heterocycles. The lowest BCUT2D eigenvalue weighted by Crippen LogP contribution is -2.32. The first-order valence-corrected chi connectivity index (χ1v) is 6.41. The molecular weight excluding hydrogens is 337 g/mol. The van der Waals surface area contributed by atoms with Gasteiger partial charge in [0.25, 0.3) is 0 Å². The fraction of sp³-hybridized carbons (Fsp3) is 0.273. The highest BCUT2D eigenvalue weighted by Gasteiger charge is 2.20. The molecule has 1 atom stereocenters. The van der Waals surface area contributed by atoms with Crippen LogP contribution in [0, 0.1) is 0 Å². The van der Waals surface area contributed by atoms with Crippen molar-refractivity contribution in [2.75, 3.05) is 11.0 Å². The molecule has 1 aromatic rings. The molecule has 3 N–H and O–H groups in total. The summed E-state index contributed by atoms with van der Waals surface area (Å²) in [6, 6.07) is 5.91. The highest BCUT2D eigenvalue weighted by molar-refractivity contribution is 14.1. The first-order valence-electron chi connectivity index (χ1n) is 4.89. The number of rotatable bonds is 5. The molecule has 1 unspecified atom stereocenters. The second-order valence-electron chi connectivity index (χ2n) is 3.42. The molecule has 0 heterocycles. The monoisotopic (exact) mass is 349 g/mol. The Hall–Kier alpha value is -1.31. The molecule has 0 saturated heterocycles. The van der Waals surface area contributed by atoms with Gasteiger partial charge in [0.1, 0.15) is 5.75 Å². The van der Waals surface area contributed by atoms with Gasteiger partial charge in [-0.2, -0.15) is 0 Å². The molecule has 0 aliphatic heterocycles. The molecule has 0 radical (unpaired) electrons. The number of phenolic OH excluding ortho intramolecular Hbond substituents is 1. The van der Waals surface area contributed by atoms with Gasteiger partial charge in [0, 0.05) is 6.54 Å². The Morgan fingerprint density at radius 1 is 1.29 bits per heavy atom. The summed E-state index contributed by atoms with van der Waals surface area (Å²) >= 11 is 1.90. The number of aromatic hydroxyl groups is 1. The average Bonchev–Trinajstić information content (AvgIpc) is 2.31. The third-order valence-electron chi connectivity index (χ3n) is 2.22. The highest BCUT2D eigenvalue weighted by Crippen LogP contribution is 2.18. The van der Waals surface area contributed by atoms with E-state index >= 15 is 0 Å². The Morgan fingerprint density at radius 3 is 2.35 bits per heavy atom. The third kappa shape index (κ3) is 4.22. The fourth-order valence-electron chi connectivity index (χ4n) is 1.32. The molecular formula is C11H12INO4. The van der Waals surface area contributed by atoms with Crippen molar-refractivity contribution in [2.45, 2.75) is 5.92 Å². The number of aliphatic carboxylic acids is 1. The van der Waals surface area contributed by atoms with E-state index in [0.29, 0.717) is 9.99 Å². The summed E-state index contributed by atoms with van der Waals surface area (Å²) in [5.41, 5.74) is 0.545. The van der Waals surface area contributed by atoms with Crippen molar-refractivity contribution in [3.8, 4) is 5.75 Å². The lowest BCUT2D eigenvalue weighted by Gasteiger charge is -2.13. The Balaban J connectivity index is 2.75. The Bertz CT molecular complexity index is 404. The predicted molar refractivity (Wildman–Crippen MR) is 70.4 cm³/mol. The molecule has 1 rings (SSSR count). The summed E-state index contributed by atoms with van der Waals surface area (Å²) in [7, 11) is 0. The van der Waals surface area contributed by atoms with E-state index in [1.165, 1.54) is 24.3 Å². The SMILES string of the molecule is O=C(CI)NCC(C(=O)O)c1ccc(O)cc1. The second-order valence-corrected chi connectivity index (χ2v) is 4.18. The van der Waals surface area contributed by atoms with Crippen LogP contribution in [-0.2, 0) is 9.59 Å². The van der Waals surface area contributed by atoms with Gasteiger partial charge >= 0.3 is 5.97 Å². The van der Waals surface area contributed by atoms with Gasteiger partial charge in [-0.25, -0.2) is 0 Å². The zero-order chi connectivity index (χ0) is 12.8. The number of benzene rings is 1. The zero-order valence-electron chi connectivity index (χ0n) is 8.89. The van der Waals surface area contributed by atoms with Gasteiger partial charge < -0.3 is 15.5 Å². The van der Waals surface area contributed by atoms with Crippen LogP contribution in [0.15, 0.2) is 24.3 Å². The van der Waals surface area contributed by atoms with Gasteiger partial charge in [-0.15, -0.1) is 0 Å². The summed E-state index contributed by atoms with van der Waals surface area (Å²) in [5, 5.41) is 20.7. The van der Waals surface area contributed by atoms with E-state index in [9.17, 15) is 9.59 Å². The van der Waals surface area contributed by atoms with Crippen LogP contribution in [0.3, 0.4) is 0 Å². The van der Waals surface area contributed by atoms with Crippen LogP contribution >= 0.6 is 22.6 Å². The number of hydrogen-bond acceptors (Lipinski definition) is 3. The lowest BCUT2D eigenvalue weighted by atomic mass is 9.99. The number of amides is 1. The van der Waals surface area contributed by atoms with Crippen molar-refractivity contribution < 1.29 is 19.8 Å². The van der Waals surface area contributed by atoms with Crippen LogP contribution in [0.2, 0.25) is 0 Å². The predicted octanol–water partition coefficient (Wildman–Crippen LogP) is 1.11. The van der Waals surface area contributed by atoms with Gasteiger partial charge in [0.15, 0.2) is 0 Å². The lowest BCUT2D eigenvalue weighted by molar-refractivity contribution is -0.138. The number of carboxylic acids is 1. The molecule has 1 amide bonds. The molecule has 1 aromatic carbocycles. The van der Waals surface area contributed by atoms with Crippen molar-refractivity contribution >= 4 is 34.5 Å². The van der Waals surface area contributed by atoms with Crippen molar-refractivity contribution in [1.82, 2.24) is 5.32 Å². The Labute approximate surface area is 112 Å². The minimum Gasteiger partial charge on any atom is -0.508 e. The van der Waals surface area contributed by atoms with Gasteiger partial charge in [0.05, 0.1) is 10.3 Å². The minimum atomic E-state index is -1.01. The number of hydrogen-bond donors (Lipinski definition) is 3. The van der Waals surface area contributed by atoms with E-state index in [4.69, 9.17) is 10.2 Å². The van der Waals surface area contributed by atoms with E-state index in [1.54, 1.807) is 0 Å².